The van der Waals surface area contributed by atoms with Crippen molar-refractivity contribution in [2.75, 3.05) is 6.54 Å². The van der Waals surface area contributed by atoms with Crippen LogP contribution in [0.25, 0.3) is 0 Å². The van der Waals surface area contributed by atoms with Crippen molar-refractivity contribution < 1.29 is 9.59 Å². The summed E-state index contributed by atoms with van der Waals surface area (Å²) in [6, 6.07) is 0. The first-order valence-corrected chi connectivity index (χ1v) is 4.20. The fourth-order valence-electron chi connectivity index (χ4n) is 0.743. The van der Waals surface area contributed by atoms with Gasteiger partial charge in [-0.1, -0.05) is 20.3 Å². The fraction of sp³-hybridized carbons (Fsp3) is 0.556. The highest BCUT2D eigenvalue weighted by Gasteiger charge is 2.20. The quantitative estimate of drug-likeness (QED) is 0.555. The molecule has 68 valence electrons. The predicted octanol–water partition coefficient (Wildman–Crippen LogP) is 1.35. The van der Waals surface area contributed by atoms with E-state index in [1.807, 2.05) is 0 Å². The van der Waals surface area contributed by atoms with Crippen LogP contribution in [0.2, 0.25) is 0 Å². The van der Waals surface area contributed by atoms with Crippen LogP contribution in [0.4, 0.5) is 0 Å². The molecule has 1 aliphatic rings. The van der Waals surface area contributed by atoms with Crippen molar-refractivity contribution in [1.82, 2.24) is 4.90 Å². The largest absolute Gasteiger partial charge is 0.276 e. The van der Waals surface area contributed by atoms with Crippen LogP contribution in [0.1, 0.15) is 27.2 Å². The Morgan fingerprint density at radius 3 is 1.58 bits per heavy atom. The van der Waals surface area contributed by atoms with E-state index < -0.39 is 0 Å². The molecule has 0 spiro atoms. The van der Waals surface area contributed by atoms with Crippen LogP contribution >= 0.6 is 0 Å². The predicted molar refractivity (Wildman–Crippen MR) is 47.5 cm³/mol. The summed E-state index contributed by atoms with van der Waals surface area (Å²) in [6.45, 7) is 6.48. The van der Waals surface area contributed by atoms with E-state index in [0.29, 0.717) is 6.54 Å². The molecular weight excluding hydrogens is 154 g/mol. The number of imide groups is 1. The van der Waals surface area contributed by atoms with Gasteiger partial charge in [0, 0.05) is 18.7 Å². The fourth-order valence-corrected chi connectivity index (χ4v) is 0.743. The lowest BCUT2D eigenvalue weighted by Gasteiger charge is -2.08. The van der Waals surface area contributed by atoms with Crippen molar-refractivity contribution in [2.45, 2.75) is 27.2 Å². The molecule has 0 fully saturated rings. The van der Waals surface area contributed by atoms with Gasteiger partial charge in [0.2, 0.25) is 0 Å². The summed E-state index contributed by atoms with van der Waals surface area (Å²) in [5.74, 6) is -0.412. The zero-order valence-electron chi connectivity index (χ0n) is 7.83. The van der Waals surface area contributed by atoms with Crippen LogP contribution in [0.5, 0.6) is 0 Å². The Kier molecular flexibility index (Phi) is 5.00. The number of hydrogen-bond donors (Lipinski definition) is 0. The van der Waals surface area contributed by atoms with Crippen molar-refractivity contribution in [3.63, 3.8) is 0 Å². The van der Waals surface area contributed by atoms with Crippen LogP contribution in [0.15, 0.2) is 12.2 Å². The first-order valence-electron chi connectivity index (χ1n) is 4.20. The van der Waals surface area contributed by atoms with Crippen LogP contribution < -0.4 is 0 Å². The zero-order valence-corrected chi connectivity index (χ0v) is 7.83. The number of nitrogens with zero attached hydrogens (tertiary/aromatic N) is 1. The van der Waals surface area contributed by atoms with Gasteiger partial charge in [0.1, 0.15) is 0 Å². The highest BCUT2D eigenvalue weighted by Crippen LogP contribution is 2.00. The van der Waals surface area contributed by atoms with E-state index in [9.17, 15) is 9.59 Å². The maximum absolute atomic E-state index is 10.6. The molecule has 1 rings (SSSR count). The summed E-state index contributed by atoms with van der Waals surface area (Å²) < 4.78 is 0. The summed E-state index contributed by atoms with van der Waals surface area (Å²) in [5, 5.41) is 0. The van der Waals surface area contributed by atoms with Gasteiger partial charge in [0.05, 0.1) is 0 Å². The SMILES string of the molecule is CCC.CCN1C(=O)C=CC1=O. The van der Waals surface area contributed by atoms with Gasteiger partial charge in [-0.2, -0.15) is 0 Å². The van der Waals surface area contributed by atoms with E-state index in [4.69, 9.17) is 0 Å². The van der Waals surface area contributed by atoms with E-state index in [1.165, 1.54) is 23.5 Å². The second-order valence-electron chi connectivity index (χ2n) is 2.46. The van der Waals surface area contributed by atoms with Crippen molar-refractivity contribution in [1.29, 1.82) is 0 Å². The Morgan fingerprint density at radius 1 is 1.08 bits per heavy atom. The Morgan fingerprint density at radius 2 is 1.42 bits per heavy atom. The minimum Gasteiger partial charge on any atom is -0.276 e. The molecule has 0 unspecified atom stereocenters. The third-order valence-electron chi connectivity index (χ3n) is 1.22. The Hall–Kier alpha value is -1.12. The molecule has 0 atom stereocenters. The number of rotatable bonds is 1. The maximum Gasteiger partial charge on any atom is 0.253 e. The van der Waals surface area contributed by atoms with Gasteiger partial charge in [-0.25, -0.2) is 0 Å². The molecule has 0 radical (unpaired) electrons. The summed E-state index contributed by atoms with van der Waals surface area (Å²) >= 11 is 0. The summed E-state index contributed by atoms with van der Waals surface area (Å²) in [6.07, 6.45) is 3.82. The standard InChI is InChI=1S/C6H7NO2.C3H8/c1-2-7-5(8)3-4-6(7)9;1-3-2/h3-4H,2H2,1H3;3H2,1-2H3. The third-order valence-corrected chi connectivity index (χ3v) is 1.22. The molecular formula is C9H15NO2. The maximum atomic E-state index is 10.6. The highest BCUT2D eigenvalue weighted by molar-refractivity contribution is 6.12. The number of carbonyl (C=O) groups excluding carboxylic acids is 2. The number of hydrogen-bond acceptors (Lipinski definition) is 2. The third kappa shape index (κ3) is 2.86. The topological polar surface area (TPSA) is 37.4 Å². The molecule has 12 heavy (non-hydrogen) atoms. The van der Waals surface area contributed by atoms with E-state index in [0.717, 1.165) is 0 Å². The second kappa shape index (κ2) is 5.52. The lowest BCUT2D eigenvalue weighted by Crippen LogP contribution is -2.29. The van der Waals surface area contributed by atoms with E-state index >= 15 is 0 Å². The van der Waals surface area contributed by atoms with E-state index in [-0.39, 0.29) is 11.8 Å². The lowest BCUT2D eigenvalue weighted by molar-refractivity contribution is -0.136. The van der Waals surface area contributed by atoms with Crippen molar-refractivity contribution in [3.05, 3.63) is 12.2 Å². The van der Waals surface area contributed by atoms with Gasteiger partial charge in [-0.3, -0.25) is 14.5 Å². The van der Waals surface area contributed by atoms with Gasteiger partial charge < -0.3 is 0 Å². The molecule has 1 aliphatic heterocycles. The van der Waals surface area contributed by atoms with Gasteiger partial charge in [0.25, 0.3) is 11.8 Å². The average Bonchev–Trinajstić information content (AvgIpc) is 2.33. The number of carbonyl (C=O) groups is 2. The molecule has 3 heteroatoms. The second-order valence-corrected chi connectivity index (χ2v) is 2.46. The molecule has 0 aromatic rings. The smallest absolute Gasteiger partial charge is 0.253 e. The van der Waals surface area contributed by atoms with Crippen LogP contribution in [-0.4, -0.2) is 23.3 Å². The lowest BCUT2D eigenvalue weighted by atomic mass is 10.5. The molecule has 0 bridgehead atoms. The Labute approximate surface area is 73.1 Å². The molecule has 0 aromatic heterocycles. The molecule has 0 aromatic carbocycles. The summed E-state index contributed by atoms with van der Waals surface area (Å²) in [5.41, 5.74) is 0. The van der Waals surface area contributed by atoms with Crippen molar-refractivity contribution in [3.8, 4) is 0 Å². The zero-order chi connectivity index (χ0) is 9.56. The first-order chi connectivity index (χ1) is 5.67. The van der Waals surface area contributed by atoms with E-state index in [2.05, 4.69) is 13.8 Å². The highest BCUT2D eigenvalue weighted by atomic mass is 16.2. The summed E-state index contributed by atoms with van der Waals surface area (Å²) in [7, 11) is 0. The molecule has 0 saturated carbocycles. The molecule has 3 nitrogen and oxygen atoms in total. The molecule has 1 heterocycles. The molecule has 0 aliphatic carbocycles. The van der Waals surface area contributed by atoms with Crippen molar-refractivity contribution >= 4 is 11.8 Å². The minimum absolute atomic E-state index is 0.206. The van der Waals surface area contributed by atoms with Crippen molar-refractivity contribution in [2.24, 2.45) is 0 Å². The summed E-state index contributed by atoms with van der Waals surface area (Å²) in [4.78, 5) is 22.4. The van der Waals surface area contributed by atoms with Gasteiger partial charge in [0.15, 0.2) is 0 Å². The van der Waals surface area contributed by atoms with E-state index in [1.54, 1.807) is 6.92 Å². The van der Waals surface area contributed by atoms with Gasteiger partial charge >= 0.3 is 0 Å². The number of likely N-dealkylation sites (N-methyl/N-ethyl adjacent to an activating group) is 1. The molecule has 0 saturated heterocycles. The van der Waals surface area contributed by atoms with Gasteiger partial charge in [-0.15, -0.1) is 0 Å². The molecule has 2 amide bonds. The van der Waals surface area contributed by atoms with Gasteiger partial charge in [-0.05, 0) is 6.92 Å². The molecule has 0 N–H and O–H groups in total. The number of amides is 2. The van der Waals surface area contributed by atoms with Crippen LogP contribution in [0, 0.1) is 0 Å². The van der Waals surface area contributed by atoms with Crippen LogP contribution in [-0.2, 0) is 9.59 Å². The minimum atomic E-state index is -0.206. The Bertz CT molecular complexity index is 179. The normalized spacial score (nSPS) is 14.8. The van der Waals surface area contributed by atoms with Crippen LogP contribution in [0.3, 0.4) is 0 Å². The first kappa shape index (κ1) is 10.9. The monoisotopic (exact) mass is 169 g/mol. The Balaban J connectivity index is 0.000000354. The average molecular weight is 169 g/mol.